The standard InChI is InChI=1S/C16H15N3O5/c20-14-12(15(21)23-16(22-14)8-4-1-5-9-16)17-18-13-10-6-2-3-7-11(10)24-19-13/h2-3,6-7,20H,1,4-5,8-9H2. The summed E-state index contributed by atoms with van der Waals surface area (Å²) in [5, 5.41) is 22.1. The van der Waals surface area contributed by atoms with E-state index in [0.717, 1.165) is 19.3 Å². The number of esters is 1. The number of aliphatic hydroxyl groups excluding tert-OH is 1. The van der Waals surface area contributed by atoms with Crippen LogP contribution in [0.15, 0.2) is 50.7 Å². The molecule has 1 aromatic heterocycles. The zero-order valence-electron chi connectivity index (χ0n) is 12.8. The van der Waals surface area contributed by atoms with Crippen LogP contribution in [0.4, 0.5) is 5.82 Å². The fraction of sp³-hybridized carbons (Fsp3) is 0.375. The van der Waals surface area contributed by atoms with Crippen LogP contribution < -0.4 is 0 Å². The summed E-state index contributed by atoms with van der Waals surface area (Å²) in [6.07, 6.45) is 3.92. The van der Waals surface area contributed by atoms with Crippen molar-refractivity contribution < 1.29 is 23.9 Å². The number of hydrogen-bond acceptors (Lipinski definition) is 8. The molecule has 0 saturated heterocycles. The maximum Gasteiger partial charge on any atom is 0.369 e. The second-order valence-corrected chi connectivity index (χ2v) is 5.82. The Bertz CT molecular complexity index is 848. The number of benzene rings is 1. The number of ether oxygens (including phenoxy) is 2. The van der Waals surface area contributed by atoms with E-state index in [0.29, 0.717) is 23.8 Å². The number of rotatable bonds is 2. The van der Waals surface area contributed by atoms with E-state index >= 15 is 0 Å². The largest absolute Gasteiger partial charge is 0.479 e. The number of aromatic nitrogens is 1. The molecular formula is C16H15N3O5. The number of aliphatic hydroxyl groups is 1. The van der Waals surface area contributed by atoms with Crippen LogP contribution in [0.25, 0.3) is 11.0 Å². The van der Waals surface area contributed by atoms with Crippen LogP contribution >= 0.6 is 0 Å². The fourth-order valence-corrected chi connectivity index (χ4v) is 2.97. The predicted octanol–water partition coefficient (Wildman–Crippen LogP) is 3.87. The molecule has 1 N–H and O–H groups in total. The topological polar surface area (TPSA) is 107 Å². The van der Waals surface area contributed by atoms with Gasteiger partial charge in [-0.25, -0.2) is 4.79 Å². The van der Waals surface area contributed by atoms with Gasteiger partial charge in [0.15, 0.2) is 5.58 Å². The smallest absolute Gasteiger partial charge is 0.369 e. The van der Waals surface area contributed by atoms with Crippen molar-refractivity contribution in [1.82, 2.24) is 5.16 Å². The minimum absolute atomic E-state index is 0.205. The van der Waals surface area contributed by atoms with E-state index in [9.17, 15) is 9.90 Å². The third-order valence-corrected chi connectivity index (χ3v) is 4.18. The van der Waals surface area contributed by atoms with Crippen LogP contribution in [0.5, 0.6) is 0 Å². The normalized spacial score (nSPS) is 20.6. The number of hydrogen-bond donors (Lipinski definition) is 1. The van der Waals surface area contributed by atoms with E-state index < -0.39 is 17.7 Å². The highest BCUT2D eigenvalue weighted by atomic mass is 16.8. The van der Waals surface area contributed by atoms with Crippen molar-refractivity contribution in [3.05, 3.63) is 35.9 Å². The first-order valence-electron chi connectivity index (χ1n) is 7.79. The molecule has 8 nitrogen and oxygen atoms in total. The highest BCUT2D eigenvalue weighted by Gasteiger charge is 2.45. The van der Waals surface area contributed by atoms with Crippen molar-refractivity contribution in [2.24, 2.45) is 10.2 Å². The highest BCUT2D eigenvalue weighted by Crippen LogP contribution is 2.38. The lowest BCUT2D eigenvalue weighted by Crippen LogP contribution is -2.43. The second-order valence-electron chi connectivity index (χ2n) is 5.82. The Morgan fingerprint density at radius 3 is 2.67 bits per heavy atom. The molecule has 8 heteroatoms. The molecular weight excluding hydrogens is 314 g/mol. The molecule has 0 amide bonds. The molecule has 2 aromatic rings. The SMILES string of the molecule is O=C1OC2(CCCCC2)OC(O)=C1N=Nc1noc2ccccc12. The Hall–Kier alpha value is -2.90. The summed E-state index contributed by atoms with van der Waals surface area (Å²) >= 11 is 0. The number of fused-ring (bicyclic) bond motifs is 1. The van der Waals surface area contributed by atoms with Gasteiger partial charge in [-0.05, 0) is 25.0 Å². The lowest BCUT2D eigenvalue weighted by atomic mass is 9.93. The van der Waals surface area contributed by atoms with Gasteiger partial charge in [-0.2, -0.15) is 0 Å². The summed E-state index contributed by atoms with van der Waals surface area (Å²) in [5.41, 5.74) is 0.173. The van der Waals surface area contributed by atoms with Gasteiger partial charge in [-0.1, -0.05) is 23.7 Å². The molecule has 0 unspecified atom stereocenters. The quantitative estimate of drug-likeness (QED) is 0.662. The van der Waals surface area contributed by atoms with Crippen LogP contribution in [0.3, 0.4) is 0 Å². The maximum absolute atomic E-state index is 12.2. The van der Waals surface area contributed by atoms with Crippen molar-refractivity contribution in [1.29, 1.82) is 0 Å². The average molecular weight is 329 g/mol. The van der Waals surface area contributed by atoms with Gasteiger partial charge in [0.1, 0.15) is 0 Å². The molecule has 2 heterocycles. The maximum atomic E-state index is 12.2. The minimum Gasteiger partial charge on any atom is -0.479 e. The third-order valence-electron chi connectivity index (χ3n) is 4.18. The van der Waals surface area contributed by atoms with Gasteiger partial charge in [-0.3, -0.25) is 0 Å². The van der Waals surface area contributed by atoms with Gasteiger partial charge in [0.05, 0.1) is 5.39 Å². The molecule has 1 aromatic carbocycles. The first-order valence-corrected chi connectivity index (χ1v) is 7.79. The minimum atomic E-state index is -1.07. The van der Waals surface area contributed by atoms with Gasteiger partial charge in [-0.15, -0.1) is 10.2 Å². The van der Waals surface area contributed by atoms with Crippen LogP contribution in [0.2, 0.25) is 0 Å². The van der Waals surface area contributed by atoms with Gasteiger partial charge in [0, 0.05) is 12.8 Å². The molecule has 4 rings (SSSR count). The van der Waals surface area contributed by atoms with Crippen LogP contribution in [0.1, 0.15) is 32.1 Å². The average Bonchev–Trinajstić information content (AvgIpc) is 2.98. The van der Waals surface area contributed by atoms with Crippen molar-refractivity contribution >= 4 is 22.8 Å². The molecule has 24 heavy (non-hydrogen) atoms. The molecule has 124 valence electrons. The summed E-state index contributed by atoms with van der Waals surface area (Å²) in [5.74, 6) is -2.18. The molecule has 2 aliphatic rings. The van der Waals surface area contributed by atoms with Gasteiger partial charge < -0.3 is 19.1 Å². The Balaban J connectivity index is 1.61. The van der Waals surface area contributed by atoms with E-state index in [1.54, 1.807) is 24.3 Å². The lowest BCUT2D eigenvalue weighted by molar-refractivity contribution is -0.249. The number of azo groups is 1. The van der Waals surface area contributed by atoms with Crippen molar-refractivity contribution in [3.8, 4) is 0 Å². The number of carbonyl (C=O) groups is 1. The molecule has 0 bridgehead atoms. The second kappa shape index (κ2) is 5.63. The van der Waals surface area contributed by atoms with Crippen LogP contribution in [-0.4, -0.2) is 22.0 Å². The number of carbonyl (C=O) groups excluding carboxylic acids is 1. The van der Waals surface area contributed by atoms with Crippen molar-refractivity contribution in [3.63, 3.8) is 0 Å². The first-order chi connectivity index (χ1) is 11.7. The molecule has 1 spiro atoms. The molecule has 1 aliphatic carbocycles. The summed E-state index contributed by atoms with van der Waals surface area (Å²) < 4.78 is 15.9. The Kier molecular flexibility index (Phi) is 3.44. The van der Waals surface area contributed by atoms with E-state index in [4.69, 9.17) is 14.0 Å². The van der Waals surface area contributed by atoms with Crippen molar-refractivity contribution in [2.75, 3.05) is 0 Å². The van der Waals surface area contributed by atoms with Gasteiger partial charge in [0.2, 0.25) is 5.82 Å². The monoisotopic (exact) mass is 329 g/mol. The van der Waals surface area contributed by atoms with Gasteiger partial charge >= 0.3 is 11.9 Å². The fourth-order valence-electron chi connectivity index (χ4n) is 2.97. The highest BCUT2D eigenvalue weighted by molar-refractivity contribution is 5.89. The molecule has 1 fully saturated rings. The molecule has 1 saturated carbocycles. The molecule has 1 aliphatic heterocycles. The molecule has 0 atom stereocenters. The first kappa shape index (κ1) is 14.7. The van der Waals surface area contributed by atoms with E-state index in [1.807, 2.05) is 0 Å². The van der Waals surface area contributed by atoms with E-state index in [2.05, 4.69) is 15.4 Å². The Morgan fingerprint density at radius 2 is 1.88 bits per heavy atom. The number of nitrogens with zero attached hydrogens (tertiary/aromatic N) is 3. The zero-order chi connectivity index (χ0) is 16.6. The van der Waals surface area contributed by atoms with Crippen LogP contribution in [0, 0.1) is 0 Å². The van der Waals surface area contributed by atoms with E-state index in [1.165, 1.54) is 0 Å². The zero-order valence-corrected chi connectivity index (χ0v) is 12.8. The predicted molar refractivity (Wildman–Crippen MR) is 81.2 cm³/mol. The summed E-state index contributed by atoms with van der Waals surface area (Å²) in [4.78, 5) is 12.2. The summed E-state index contributed by atoms with van der Waals surface area (Å²) in [7, 11) is 0. The molecule has 0 radical (unpaired) electrons. The van der Waals surface area contributed by atoms with Crippen LogP contribution in [-0.2, 0) is 14.3 Å². The third kappa shape index (κ3) is 2.49. The number of para-hydroxylation sites is 1. The van der Waals surface area contributed by atoms with E-state index in [-0.39, 0.29) is 11.5 Å². The lowest BCUT2D eigenvalue weighted by Gasteiger charge is -2.38. The van der Waals surface area contributed by atoms with Crippen molar-refractivity contribution in [2.45, 2.75) is 37.9 Å². The van der Waals surface area contributed by atoms with Gasteiger partial charge in [0.25, 0.3) is 11.5 Å². The Labute approximate surface area is 136 Å². The summed E-state index contributed by atoms with van der Waals surface area (Å²) in [6, 6.07) is 7.11. The Morgan fingerprint density at radius 1 is 1.08 bits per heavy atom. The summed E-state index contributed by atoms with van der Waals surface area (Å²) in [6.45, 7) is 0.